The Morgan fingerprint density at radius 2 is 1.96 bits per heavy atom. The summed E-state index contributed by atoms with van der Waals surface area (Å²) < 4.78 is 5.42. The summed E-state index contributed by atoms with van der Waals surface area (Å²) in [6.07, 6.45) is 2.69. The first kappa shape index (κ1) is 14.9. The molecular formula is C19H25N3O. The molecular weight excluding hydrogens is 286 g/mol. The number of rotatable bonds is 4. The van der Waals surface area contributed by atoms with E-state index in [0.717, 1.165) is 37.0 Å². The number of fused-ring (bicyclic) bond motifs is 4. The van der Waals surface area contributed by atoms with Gasteiger partial charge in [0.15, 0.2) is 5.76 Å². The largest absolute Gasteiger partial charge is 0.360 e. The number of nitrogens with zero attached hydrogens (tertiary/aromatic N) is 3. The maximum atomic E-state index is 5.42. The molecule has 3 aliphatic heterocycles. The van der Waals surface area contributed by atoms with Crippen molar-refractivity contribution in [1.82, 2.24) is 15.0 Å². The normalized spacial score (nSPS) is 25.6. The highest BCUT2D eigenvalue weighted by Gasteiger charge is 2.34. The minimum absolute atomic E-state index is 0.665. The molecule has 2 atom stereocenters. The Hall–Kier alpha value is -1.65. The Balaban J connectivity index is 1.44. The minimum atomic E-state index is 0.665. The first-order chi connectivity index (χ1) is 11.3. The standard InChI is InChI=1S/C19H25N3O/c1-15-9-19(23-20-15)14-21-10-17-7-8-18(13-21)22(12-17)11-16-5-3-2-4-6-16/h2-6,9,17-18H,7-8,10-14H2,1H3. The Bertz CT molecular complexity index is 639. The second-order valence-corrected chi connectivity index (χ2v) is 7.14. The van der Waals surface area contributed by atoms with Gasteiger partial charge >= 0.3 is 0 Å². The SMILES string of the molecule is Cc1cc(CN2CC3CCC(C2)N(Cc2ccccc2)C3)on1. The van der Waals surface area contributed by atoms with Crippen molar-refractivity contribution in [3.63, 3.8) is 0 Å². The molecule has 0 radical (unpaired) electrons. The molecule has 23 heavy (non-hydrogen) atoms. The van der Waals surface area contributed by atoms with Crippen LogP contribution in [0.1, 0.15) is 29.9 Å². The number of hydrogen-bond acceptors (Lipinski definition) is 4. The summed E-state index contributed by atoms with van der Waals surface area (Å²) in [5.74, 6) is 1.78. The van der Waals surface area contributed by atoms with Crippen LogP contribution < -0.4 is 0 Å². The van der Waals surface area contributed by atoms with Crippen molar-refractivity contribution in [2.24, 2.45) is 5.92 Å². The number of benzene rings is 1. The van der Waals surface area contributed by atoms with Crippen LogP contribution in [0.25, 0.3) is 0 Å². The molecule has 2 bridgehead atoms. The van der Waals surface area contributed by atoms with E-state index >= 15 is 0 Å². The number of piperidine rings is 1. The molecule has 1 aromatic heterocycles. The van der Waals surface area contributed by atoms with Gasteiger partial charge in [-0.15, -0.1) is 0 Å². The molecule has 3 aliphatic rings. The van der Waals surface area contributed by atoms with Crippen molar-refractivity contribution in [2.75, 3.05) is 19.6 Å². The molecule has 3 saturated heterocycles. The lowest BCUT2D eigenvalue weighted by Crippen LogP contribution is -2.43. The van der Waals surface area contributed by atoms with Gasteiger partial charge in [-0.05, 0) is 31.2 Å². The van der Waals surface area contributed by atoms with E-state index in [-0.39, 0.29) is 0 Å². The molecule has 3 fully saturated rings. The molecule has 5 rings (SSSR count). The zero-order valence-corrected chi connectivity index (χ0v) is 13.8. The second kappa shape index (κ2) is 6.46. The van der Waals surface area contributed by atoms with E-state index in [9.17, 15) is 0 Å². The predicted molar refractivity (Wildman–Crippen MR) is 89.9 cm³/mol. The summed E-state index contributed by atoms with van der Waals surface area (Å²) in [5, 5.41) is 4.02. The molecule has 122 valence electrons. The first-order valence-corrected chi connectivity index (χ1v) is 8.69. The third-order valence-corrected chi connectivity index (χ3v) is 5.19. The van der Waals surface area contributed by atoms with E-state index in [4.69, 9.17) is 4.52 Å². The molecule has 4 heteroatoms. The molecule has 4 nitrogen and oxygen atoms in total. The molecule has 0 spiro atoms. The van der Waals surface area contributed by atoms with Crippen LogP contribution in [0.3, 0.4) is 0 Å². The lowest BCUT2D eigenvalue weighted by molar-refractivity contribution is 0.122. The van der Waals surface area contributed by atoms with Crippen molar-refractivity contribution < 1.29 is 4.52 Å². The number of aromatic nitrogens is 1. The van der Waals surface area contributed by atoms with Gasteiger partial charge < -0.3 is 4.52 Å². The van der Waals surface area contributed by atoms with Crippen molar-refractivity contribution in [1.29, 1.82) is 0 Å². The van der Waals surface area contributed by atoms with Gasteiger partial charge in [-0.2, -0.15) is 0 Å². The quantitative estimate of drug-likeness (QED) is 0.868. The number of aryl methyl sites for hydroxylation is 1. The van der Waals surface area contributed by atoms with Crippen molar-refractivity contribution in [3.05, 3.63) is 53.4 Å². The van der Waals surface area contributed by atoms with Crippen molar-refractivity contribution >= 4 is 0 Å². The maximum absolute atomic E-state index is 5.42. The Labute approximate surface area is 138 Å². The topological polar surface area (TPSA) is 32.5 Å². The van der Waals surface area contributed by atoms with Crippen LogP contribution in [0.2, 0.25) is 0 Å². The average Bonchev–Trinajstić information content (AvgIpc) is 2.77. The smallest absolute Gasteiger partial charge is 0.150 e. The van der Waals surface area contributed by atoms with Gasteiger partial charge in [0.1, 0.15) is 0 Å². The lowest BCUT2D eigenvalue weighted by atomic mass is 9.94. The van der Waals surface area contributed by atoms with E-state index in [1.54, 1.807) is 0 Å². The molecule has 0 saturated carbocycles. The summed E-state index contributed by atoms with van der Waals surface area (Å²) >= 11 is 0. The minimum Gasteiger partial charge on any atom is -0.360 e. The monoisotopic (exact) mass is 311 g/mol. The zero-order chi connectivity index (χ0) is 15.6. The molecule has 2 unspecified atom stereocenters. The lowest BCUT2D eigenvalue weighted by Gasteiger charge is -2.36. The second-order valence-electron chi connectivity index (χ2n) is 7.14. The maximum Gasteiger partial charge on any atom is 0.150 e. The highest BCUT2D eigenvalue weighted by atomic mass is 16.5. The average molecular weight is 311 g/mol. The van der Waals surface area contributed by atoms with Gasteiger partial charge in [0.05, 0.1) is 12.2 Å². The summed E-state index contributed by atoms with van der Waals surface area (Å²) in [5.41, 5.74) is 2.40. The first-order valence-electron chi connectivity index (χ1n) is 8.69. The van der Waals surface area contributed by atoms with Crippen LogP contribution >= 0.6 is 0 Å². The van der Waals surface area contributed by atoms with Gasteiger partial charge in [-0.1, -0.05) is 35.5 Å². The van der Waals surface area contributed by atoms with Gasteiger partial charge in [-0.25, -0.2) is 0 Å². The summed E-state index contributed by atoms with van der Waals surface area (Å²) in [6.45, 7) is 7.51. The molecule has 0 amide bonds. The van der Waals surface area contributed by atoms with Crippen LogP contribution in [0.5, 0.6) is 0 Å². The zero-order valence-electron chi connectivity index (χ0n) is 13.8. The van der Waals surface area contributed by atoms with E-state index < -0.39 is 0 Å². The molecule has 0 aliphatic carbocycles. The fraction of sp³-hybridized carbons (Fsp3) is 0.526. The number of hydrogen-bond donors (Lipinski definition) is 0. The fourth-order valence-corrected chi connectivity index (χ4v) is 4.13. The summed E-state index contributed by atoms with van der Waals surface area (Å²) in [4.78, 5) is 5.25. The van der Waals surface area contributed by atoms with Crippen molar-refractivity contribution in [3.8, 4) is 0 Å². The van der Waals surface area contributed by atoms with E-state index in [2.05, 4.69) is 51.4 Å². The van der Waals surface area contributed by atoms with Crippen LogP contribution in [-0.2, 0) is 13.1 Å². The highest BCUT2D eigenvalue weighted by molar-refractivity contribution is 5.15. The van der Waals surface area contributed by atoms with Crippen molar-refractivity contribution in [2.45, 2.75) is 38.9 Å². The Morgan fingerprint density at radius 1 is 1.09 bits per heavy atom. The summed E-state index contributed by atoms with van der Waals surface area (Å²) in [6, 6.07) is 13.6. The predicted octanol–water partition coefficient (Wildman–Crippen LogP) is 3.08. The van der Waals surface area contributed by atoms with Crippen LogP contribution in [-0.4, -0.2) is 40.6 Å². The molecule has 4 heterocycles. The highest BCUT2D eigenvalue weighted by Crippen LogP contribution is 2.30. The van der Waals surface area contributed by atoms with Gasteiger partial charge in [0.2, 0.25) is 0 Å². The van der Waals surface area contributed by atoms with E-state index in [0.29, 0.717) is 6.04 Å². The van der Waals surface area contributed by atoms with Crippen LogP contribution in [0, 0.1) is 12.8 Å². The van der Waals surface area contributed by atoms with Crippen LogP contribution in [0.15, 0.2) is 40.9 Å². The third kappa shape index (κ3) is 3.48. The van der Waals surface area contributed by atoms with E-state index in [1.165, 1.54) is 31.5 Å². The fourth-order valence-electron chi connectivity index (χ4n) is 4.13. The molecule has 0 N–H and O–H groups in total. The third-order valence-electron chi connectivity index (χ3n) is 5.19. The molecule has 1 aromatic carbocycles. The Morgan fingerprint density at radius 3 is 2.74 bits per heavy atom. The van der Waals surface area contributed by atoms with Gasteiger partial charge in [-0.3, -0.25) is 9.80 Å². The molecule has 2 aromatic rings. The van der Waals surface area contributed by atoms with Gasteiger partial charge in [0.25, 0.3) is 0 Å². The van der Waals surface area contributed by atoms with E-state index in [1.807, 2.05) is 6.92 Å². The Kier molecular flexibility index (Phi) is 4.19. The van der Waals surface area contributed by atoms with Gasteiger partial charge in [0, 0.05) is 38.3 Å². The van der Waals surface area contributed by atoms with Crippen LogP contribution in [0.4, 0.5) is 0 Å². The summed E-state index contributed by atoms with van der Waals surface area (Å²) in [7, 11) is 0.